The fourth-order valence-corrected chi connectivity index (χ4v) is 2.18. The highest BCUT2D eigenvalue weighted by molar-refractivity contribution is 6.07. The standard InChI is InChI=1S/C13H13N3O5/c1-7-13(19)14-12(18)6-15(7)11-4-3-9(16(20)21)5-10(11)8(2)17/h3-5,7H,6H2,1-2H3,(H,14,18,19). The highest BCUT2D eigenvalue weighted by Gasteiger charge is 2.32. The molecule has 1 N–H and O–H groups in total. The van der Waals surface area contributed by atoms with Crippen molar-refractivity contribution in [3.63, 3.8) is 0 Å². The van der Waals surface area contributed by atoms with Crippen molar-refractivity contribution in [2.75, 3.05) is 11.4 Å². The Morgan fingerprint density at radius 2 is 2.10 bits per heavy atom. The Kier molecular flexibility index (Phi) is 3.70. The maximum absolute atomic E-state index is 11.7. The third kappa shape index (κ3) is 2.73. The maximum Gasteiger partial charge on any atom is 0.270 e. The number of piperazine rings is 1. The van der Waals surface area contributed by atoms with E-state index in [4.69, 9.17) is 0 Å². The van der Waals surface area contributed by atoms with Gasteiger partial charge in [-0.3, -0.25) is 29.8 Å². The average Bonchev–Trinajstić information content (AvgIpc) is 2.42. The Labute approximate surface area is 119 Å². The lowest BCUT2D eigenvalue weighted by molar-refractivity contribution is -0.384. The molecule has 2 amide bonds. The van der Waals surface area contributed by atoms with Gasteiger partial charge in [-0.15, -0.1) is 0 Å². The Morgan fingerprint density at radius 1 is 1.43 bits per heavy atom. The fraction of sp³-hybridized carbons (Fsp3) is 0.308. The van der Waals surface area contributed by atoms with E-state index in [-0.39, 0.29) is 23.6 Å². The molecule has 1 atom stereocenters. The zero-order chi connectivity index (χ0) is 15.7. The average molecular weight is 291 g/mol. The summed E-state index contributed by atoms with van der Waals surface area (Å²) in [5, 5.41) is 13.0. The van der Waals surface area contributed by atoms with Crippen LogP contribution in [0.5, 0.6) is 0 Å². The van der Waals surface area contributed by atoms with Crippen LogP contribution in [0.2, 0.25) is 0 Å². The van der Waals surface area contributed by atoms with Crippen LogP contribution in [0.15, 0.2) is 18.2 Å². The van der Waals surface area contributed by atoms with Crippen LogP contribution in [0.1, 0.15) is 24.2 Å². The molecule has 1 aromatic rings. The van der Waals surface area contributed by atoms with E-state index in [2.05, 4.69) is 5.32 Å². The van der Waals surface area contributed by atoms with E-state index in [1.54, 1.807) is 6.92 Å². The van der Waals surface area contributed by atoms with Crippen molar-refractivity contribution >= 4 is 29.0 Å². The minimum Gasteiger partial charge on any atom is -0.350 e. The number of benzene rings is 1. The van der Waals surface area contributed by atoms with Crippen molar-refractivity contribution in [1.29, 1.82) is 0 Å². The number of nitro benzene ring substituents is 1. The molecular formula is C13H13N3O5. The molecule has 8 nitrogen and oxygen atoms in total. The molecular weight excluding hydrogens is 278 g/mol. The summed E-state index contributed by atoms with van der Waals surface area (Å²) in [6, 6.07) is 3.13. The first-order chi connectivity index (χ1) is 9.81. The number of nitrogens with zero attached hydrogens (tertiary/aromatic N) is 2. The van der Waals surface area contributed by atoms with Gasteiger partial charge < -0.3 is 4.90 Å². The first-order valence-electron chi connectivity index (χ1n) is 6.21. The van der Waals surface area contributed by atoms with E-state index in [0.717, 1.165) is 6.07 Å². The number of amides is 2. The largest absolute Gasteiger partial charge is 0.350 e. The van der Waals surface area contributed by atoms with Crippen molar-refractivity contribution in [3.05, 3.63) is 33.9 Å². The van der Waals surface area contributed by atoms with Gasteiger partial charge in [0.2, 0.25) is 11.8 Å². The summed E-state index contributed by atoms with van der Waals surface area (Å²) in [5.41, 5.74) is 0.228. The molecule has 110 valence electrons. The first-order valence-corrected chi connectivity index (χ1v) is 6.21. The van der Waals surface area contributed by atoms with Gasteiger partial charge in [-0.2, -0.15) is 0 Å². The van der Waals surface area contributed by atoms with Crippen LogP contribution in [0.4, 0.5) is 11.4 Å². The third-order valence-corrected chi connectivity index (χ3v) is 3.30. The Balaban J connectivity index is 2.52. The number of Topliss-reactive ketones (excluding diaryl/α,β-unsaturated/α-hetero) is 1. The van der Waals surface area contributed by atoms with Gasteiger partial charge in [-0.05, 0) is 19.9 Å². The maximum atomic E-state index is 11.7. The summed E-state index contributed by atoms with van der Waals surface area (Å²) in [6.45, 7) is 2.77. The van der Waals surface area contributed by atoms with Gasteiger partial charge in [0.25, 0.3) is 5.69 Å². The van der Waals surface area contributed by atoms with E-state index in [0.29, 0.717) is 5.69 Å². The number of hydrogen-bond acceptors (Lipinski definition) is 6. The van der Waals surface area contributed by atoms with Gasteiger partial charge in [0, 0.05) is 23.4 Å². The third-order valence-electron chi connectivity index (χ3n) is 3.30. The second kappa shape index (κ2) is 5.31. The summed E-state index contributed by atoms with van der Waals surface area (Å²) >= 11 is 0. The minimum absolute atomic E-state index is 0.0923. The van der Waals surface area contributed by atoms with Gasteiger partial charge in [-0.1, -0.05) is 0 Å². The Hall–Kier alpha value is -2.77. The molecule has 0 saturated carbocycles. The molecule has 0 spiro atoms. The topological polar surface area (TPSA) is 110 Å². The number of nitrogens with one attached hydrogen (secondary N) is 1. The van der Waals surface area contributed by atoms with E-state index in [9.17, 15) is 24.5 Å². The fourth-order valence-electron chi connectivity index (χ4n) is 2.18. The summed E-state index contributed by atoms with van der Waals surface area (Å²) in [6.07, 6.45) is 0. The van der Waals surface area contributed by atoms with Gasteiger partial charge in [0.1, 0.15) is 6.04 Å². The van der Waals surface area contributed by atoms with Crippen molar-refractivity contribution in [2.24, 2.45) is 0 Å². The van der Waals surface area contributed by atoms with E-state index in [1.165, 1.54) is 24.0 Å². The zero-order valence-electron chi connectivity index (χ0n) is 11.5. The van der Waals surface area contributed by atoms with E-state index >= 15 is 0 Å². The SMILES string of the molecule is CC(=O)c1cc([N+](=O)[O-])ccc1N1CC(=O)NC(=O)C1C. The summed E-state index contributed by atoms with van der Waals surface area (Å²) in [7, 11) is 0. The number of imide groups is 1. The molecule has 1 saturated heterocycles. The molecule has 0 bridgehead atoms. The minimum atomic E-state index is -0.651. The van der Waals surface area contributed by atoms with Gasteiger partial charge in [0.15, 0.2) is 5.78 Å². The van der Waals surface area contributed by atoms with Crippen LogP contribution in [0.3, 0.4) is 0 Å². The summed E-state index contributed by atoms with van der Waals surface area (Å²) < 4.78 is 0. The van der Waals surface area contributed by atoms with Crippen molar-refractivity contribution in [2.45, 2.75) is 19.9 Å². The highest BCUT2D eigenvalue weighted by Crippen LogP contribution is 2.28. The molecule has 1 aliphatic rings. The molecule has 1 aliphatic heterocycles. The lowest BCUT2D eigenvalue weighted by Crippen LogP contribution is -2.57. The van der Waals surface area contributed by atoms with Gasteiger partial charge >= 0.3 is 0 Å². The monoisotopic (exact) mass is 291 g/mol. The molecule has 1 fully saturated rings. The van der Waals surface area contributed by atoms with Gasteiger partial charge in [0.05, 0.1) is 11.5 Å². The molecule has 0 aliphatic carbocycles. The summed E-state index contributed by atoms with van der Waals surface area (Å²) in [4.78, 5) is 46.5. The van der Waals surface area contributed by atoms with Crippen LogP contribution < -0.4 is 10.2 Å². The normalized spacial score (nSPS) is 18.4. The number of hydrogen-bond donors (Lipinski definition) is 1. The second-order valence-electron chi connectivity index (χ2n) is 4.73. The molecule has 1 unspecified atom stereocenters. The predicted octanol–water partition coefficient (Wildman–Crippen LogP) is 0.649. The van der Waals surface area contributed by atoms with Crippen LogP contribution in [0.25, 0.3) is 0 Å². The molecule has 8 heteroatoms. The van der Waals surface area contributed by atoms with Crippen LogP contribution in [0, 0.1) is 10.1 Å². The molecule has 2 rings (SSSR count). The van der Waals surface area contributed by atoms with Crippen LogP contribution >= 0.6 is 0 Å². The quantitative estimate of drug-likeness (QED) is 0.379. The molecule has 0 radical (unpaired) electrons. The number of rotatable bonds is 3. The van der Waals surface area contributed by atoms with Crippen LogP contribution in [-0.2, 0) is 9.59 Å². The lowest BCUT2D eigenvalue weighted by atomic mass is 10.0. The number of nitro groups is 1. The number of carbonyl (C=O) groups is 3. The van der Waals surface area contributed by atoms with Crippen LogP contribution in [-0.4, -0.2) is 35.1 Å². The second-order valence-corrected chi connectivity index (χ2v) is 4.73. The number of anilines is 1. The van der Waals surface area contributed by atoms with E-state index in [1.807, 2.05) is 0 Å². The van der Waals surface area contributed by atoms with Gasteiger partial charge in [-0.25, -0.2) is 0 Å². The number of non-ortho nitro benzene ring substituents is 1. The molecule has 1 heterocycles. The van der Waals surface area contributed by atoms with Crippen molar-refractivity contribution in [1.82, 2.24) is 5.32 Å². The smallest absolute Gasteiger partial charge is 0.270 e. The number of carbonyl (C=O) groups excluding carboxylic acids is 3. The Morgan fingerprint density at radius 3 is 2.67 bits per heavy atom. The Bertz CT molecular complexity index is 655. The van der Waals surface area contributed by atoms with Crippen molar-refractivity contribution < 1.29 is 19.3 Å². The lowest BCUT2D eigenvalue weighted by Gasteiger charge is -2.34. The zero-order valence-corrected chi connectivity index (χ0v) is 11.5. The van der Waals surface area contributed by atoms with Crippen molar-refractivity contribution in [3.8, 4) is 0 Å². The highest BCUT2D eigenvalue weighted by atomic mass is 16.6. The van der Waals surface area contributed by atoms with E-state index < -0.39 is 22.8 Å². The number of ketones is 1. The molecule has 1 aromatic carbocycles. The summed E-state index contributed by atoms with van der Waals surface area (Å²) in [5.74, 6) is -1.33. The predicted molar refractivity (Wildman–Crippen MR) is 73.1 cm³/mol. The molecule has 21 heavy (non-hydrogen) atoms. The molecule has 0 aromatic heterocycles. The first kappa shape index (κ1) is 14.6.